The lowest BCUT2D eigenvalue weighted by Gasteiger charge is -2.09. The first-order valence-corrected chi connectivity index (χ1v) is 5.49. The number of nitrogens with zero attached hydrogens (tertiary/aromatic N) is 3. The number of ether oxygens (including phenoxy) is 1. The van der Waals surface area contributed by atoms with Gasteiger partial charge in [0.05, 0.1) is 11.0 Å². The first kappa shape index (κ1) is 12.7. The Bertz CT molecular complexity index is 643. The number of nitrogen functional groups attached to an aromatic ring is 1. The molecular formula is C12H12N4O3. The van der Waals surface area contributed by atoms with Gasteiger partial charge in [0.2, 0.25) is 11.8 Å². The smallest absolute Gasteiger partial charge is 0.276 e. The van der Waals surface area contributed by atoms with Crippen molar-refractivity contribution >= 4 is 11.6 Å². The van der Waals surface area contributed by atoms with Crippen molar-refractivity contribution in [1.82, 2.24) is 9.97 Å². The molecule has 0 spiro atoms. The van der Waals surface area contributed by atoms with Gasteiger partial charge in [0.25, 0.3) is 5.69 Å². The Hall–Kier alpha value is -2.70. The Labute approximate surface area is 109 Å². The van der Waals surface area contributed by atoms with Crippen molar-refractivity contribution in [2.24, 2.45) is 0 Å². The Morgan fingerprint density at radius 3 is 2.68 bits per heavy atom. The fourth-order valence-corrected chi connectivity index (χ4v) is 1.65. The van der Waals surface area contributed by atoms with Crippen LogP contribution in [0.1, 0.15) is 11.1 Å². The van der Waals surface area contributed by atoms with Gasteiger partial charge in [0.15, 0.2) is 0 Å². The fraction of sp³-hybridized carbons (Fsp3) is 0.167. The Morgan fingerprint density at radius 1 is 1.32 bits per heavy atom. The van der Waals surface area contributed by atoms with Gasteiger partial charge in [0.1, 0.15) is 5.75 Å². The quantitative estimate of drug-likeness (QED) is 0.671. The lowest BCUT2D eigenvalue weighted by molar-refractivity contribution is -0.385. The van der Waals surface area contributed by atoms with Crippen LogP contribution in [0.2, 0.25) is 0 Å². The minimum absolute atomic E-state index is 0.00243. The molecule has 2 aromatic rings. The van der Waals surface area contributed by atoms with Crippen molar-refractivity contribution in [2.75, 3.05) is 5.73 Å². The first-order chi connectivity index (χ1) is 8.97. The second kappa shape index (κ2) is 4.89. The van der Waals surface area contributed by atoms with E-state index in [9.17, 15) is 10.1 Å². The third-order valence-electron chi connectivity index (χ3n) is 2.55. The highest BCUT2D eigenvalue weighted by atomic mass is 16.6. The van der Waals surface area contributed by atoms with Crippen molar-refractivity contribution in [1.29, 1.82) is 0 Å². The van der Waals surface area contributed by atoms with Crippen molar-refractivity contribution < 1.29 is 9.66 Å². The predicted octanol–water partition coefficient (Wildman–Crippen LogP) is 2.38. The molecule has 98 valence electrons. The summed E-state index contributed by atoms with van der Waals surface area (Å²) < 4.78 is 5.50. The van der Waals surface area contributed by atoms with Gasteiger partial charge in [-0.15, -0.1) is 0 Å². The van der Waals surface area contributed by atoms with Crippen molar-refractivity contribution in [3.8, 4) is 11.6 Å². The van der Waals surface area contributed by atoms with Crippen LogP contribution in [0.25, 0.3) is 0 Å². The normalized spacial score (nSPS) is 10.2. The van der Waals surface area contributed by atoms with Gasteiger partial charge in [-0.1, -0.05) is 0 Å². The van der Waals surface area contributed by atoms with Crippen LogP contribution in [0.15, 0.2) is 24.4 Å². The molecule has 0 amide bonds. The molecule has 1 aromatic heterocycles. The Kier molecular flexibility index (Phi) is 3.28. The number of hydrogen-bond acceptors (Lipinski definition) is 6. The van der Waals surface area contributed by atoms with E-state index in [4.69, 9.17) is 10.5 Å². The second-order valence-corrected chi connectivity index (χ2v) is 4.02. The number of hydrogen-bond donors (Lipinski definition) is 1. The van der Waals surface area contributed by atoms with Gasteiger partial charge in [-0.3, -0.25) is 10.1 Å². The molecule has 0 unspecified atom stereocenters. The summed E-state index contributed by atoms with van der Waals surface area (Å²) in [4.78, 5) is 18.1. The van der Waals surface area contributed by atoms with E-state index in [1.165, 1.54) is 18.3 Å². The molecule has 0 saturated carbocycles. The standard InChI is InChI=1S/C12H12N4O3/c1-7-5-8(2)10(6-9(7)16(17)18)19-11-3-4-14-12(13)15-11/h3-6H,1-2H3,(H2,13,14,15). The average molecular weight is 260 g/mol. The molecule has 7 heteroatoms. The van der Waals surface area contributed by atoms with Crippen LogP contribution in [0, 0.1) is 24.0 Å². The summed E-state index contributed by atoms with van der Waals surface area (Å²) in [6.07, 6.45) is 1.45. The summed E-state index contributed by atoms with van der Waals surface area (Å²) in [7, 11) is 0. The van der Waals surface area contributed by atoms with E-state index in [0.29, 0.717) is 11.3 Å². The number of nitro benzene ring substituents is 1. The molecule has 0 aliphatic carbocycles. The summed E-state index contributed by atoms with van der Waals surface area (Å²) in [6.45, 7) is 3.48. The predicted molar refractivity (Wildman–Crippen MR) is 69.1 cm³/mol. The third kappa shape index (κ3) is 2.76. The van der Waals surface area contributed by atoms with Gasteiger partial charge in [-0.05, 0) is 25.5 Å². The van der Waals surface area contributed by atoms with Crippen LogP contribution in [0.4, 0.5) is 11.6 Å². The molecule has 0 saturated heterocycles. The summed E-state index contributed by atoms with van der Waals surface area (Å²) in [5.74, 6) is 0.695. The molecule has 0 bridgehead atoms. The summed E-state index contributed by atoms with van der Waals surface area (Å²) in [5, 5.41) is 10.9. The molecule has 2 N–H and O–H groups in total. The largest absolute Gasteiger partial charge is 0.438 e. The van der Waals surface area contributed by atoms with Crippen molar-refractivity contribution in [2.45, 2.75) is 13.8 Å². The van der Waals surface area contributed by atoms with Crippen molar-refractivity contribution in [3.63, 3.8) is 0 Å². The van der Waals surface area contributed by atoms with Crippen LogP contribution in [-0.4, -0.2) is 14.9 Å². The Morgan fingerprint density at radius 2 is 2.05 bits per heavy atom. The van der Waals surface area contributed by atoms with E-state index >= 15 is 0 Å². The lowest BCUT2D eigenvalue weighted by atomic mass is 10.1. The zero-order valence-electron chi connectivity index (χ0n) is 10.5. The maximum Gasteiger partial charge on any atom is 0.276 e. The lowest BCUT2D eigenvalue weighted by Crippen LogP contribution is -1.98. The maximum absolute atomic E-state index is 10.9. The third-order valence-corrected chi connectivity index (χ3v) is 2.55. The van der Waals surface area contributed by atoms with E-state index in [1.807, 2.05) is 0 Å². The average Bonchev–Trinajstić information content (AvgIpc) is 2.32. The molecule has 0 atom stereocenters. The number of benzene rings is 1. The number of aryl methyl sites for hydroxylation is 2. The minimum atomic E-state index is -0.448. The van der Waals surface area contributed by atoms with Gasteiger partial charge in [-0.2, -0.15) is 4.98 Å². The number of rotatable bonds is 3. The number of anilines is 1. The molecule has 7 nitrogen and oxygen atoms in total. The van der Waals surface area contributed by atoms with Gasteiger partial charge in [-0.25, -0.2) is 4.98 Å². The molecule has 0 aliphatic rings. The van der Waals surface area contributed by atoms with Crippen LogP contribution in [0.5, 0.6) is 11.6 Å². The highest BCUT2D eigenvalue weighted by Gasteiger charge is 2.15. The van der Waals surface area contributed by atoms with E-state index in [2.05, 4.69) is 9.97 Å². The number of aromatic nitrogens is 2. The molecule has 1 aromatic carbocycles. The zero-order chi connectivity index (χ0) is 14.0. The van der Waals surface area contributed by atoms with E-state index in [0.717, 1.165) is 5.56 Å². The van der Waals surface area contributed by atoms with Gasteiger partial charge in [0, 0.05) is 17.8 Å². The van der Waals surface area contributed by atoms with Crippen LogP contribution >= 0.6 is 0 Å². The van der Waals surface area contributed by atoms with Crippen LogP contribution in [-0.2, 0) is 0 Å². The summed E-state index contributed by atoms with van der Waals surface area (Å²) in [5.41, 5.74) is 6.80. The summed E-state index contributed by atoms with van der Waals surface area (Å²) >= 11 is 0. The molecule has 19 heavy (non-hydrogen) atoms. The molecule has 0 radical (unpaired) electrons. The van der Waals surface area contributed by atoms with E-state index < -0.39 is 4.92 Å². The second-order valence-electron chi connectivity index (χ2n) is 4.02. The Balaban J connectivity index is 2.40. The first-order valence-electron chi connectivity index (χ1n) is 5.49. The molecular weight excluding hydrogens is 248 g/mol. The fourth-order valence-electron chi connectivity index (χ4n) is 1.65. The van der Waals surface area contributed by atoms with E-state index in [-0.39, 0.29) is 17.5 Å². The molecule has 1 heterocycles. The molecule has 0 aliphatic heterocycles. The summed E-state index contributed by atoms with van der Waals surface area (Å²) in [6, 6.07) is 4.60. The highest BCUT2D eigenvalue weighted by molar-refractivity contribution is 5.50. The SMILES string of the molecule is Cc1cc(C)c([N+](=O)[O-])cc1Oc1ccnc(N)n1. The van der Waals surface area contributed by atoms with Crippen LogP contribution < -0.4 is 10.5 Å². The van der Waals surface area contributed by atoms with Gasteiger partial charge < -0.3 is 10.5 Å². The minimum Gasteiger partial charge on any atom is -0.438 e. The monoisotopic (exact) mass is 260 g/mol. The van der Waals surface area contributed by atoms with Gasteiger partial charge >= 0.3 is 0 Å². The van der Waals surface area contributed by atoms with Crippen LogP contribution in [0.3, 0.4) is 0 Å². The molecule has 0 fully saturated rings. The highest BCUT2D eigenvalue weighted by Crippen LogP contribution is 2.30. The van der Waals surface area contributed by atoms with Crippen molar-refractivity contribution in [3.05, 3.63) is 45.6 Å². The topological polar surface area (TPSA) is 104 Å². The van der Waals surface area contributed by atoms with E-state index in [1.54, 1.807) is 19.9 Å². The molecule has 2 rings (SSSR count). The maximum atomic E-state index is 10.9. The number of nitrogens with two attached hydrogens (primary N) is 1. The number of nitro groups is 1. The zero-order valence-corrected chi connectivity index (χ0v) is 10.5.